The molecule has 30 heavy (non-hydrogen) atoms. The molecule has 0 aromatic heterocycles. The Kier molecular flexibility index (Phi) is 5.39. The predicted molar refractivity (Wildman–Crippen MR) is 117 cm³/mol. The van der Waals surface area contributed by atoms with Crippen LogP contribution in [0.4, 0.5) is 10.5 Å². The zero-order valence-electron chi connectivity index (χ0n) is 16.9. The molecule has 0 fully saturated rings. The molecular weight excluding hydrogens is 378 g/mol. The summed E-state index contributed by atoms with van der Waals surface area (Å²) in [7, 11) is 0. The van der Waals surface area contributed by atoms with Crippen molar-refractivity contribution in [3.8, 4) is 5.75 Å². The molecule has 0 saturated heterocycles. The van der Waals surface area contributed by atoms with Crippen LogP contribution in [0.5, 0.6) is 5.75 Å². The Morgan fingerprint density at radius 2 is 1.77 bits per heavy atom. The molecule has 1 aliphatic rings. The van der Waals surface area contributed by atoms with Gasteiger partial charge in [0, 0.05) is 11.4 Å². The Hall–Kier alpha value is -3.80. The number of anilines is 1. The third kappa shape index (κ3) is 3.85. The minimum Gasteiger partial charge on any atom is -0.494 e. The number of fused-ring (bicyclic) bond motifs is 1. The van der Waals surface area contributed by atoms with Gasteiger partial charge >= 0.3 is 6.03 Å². The number of ether oxygens (including phenoxy) is 1. The first-order valence-corrected chi connectivity index (χ1v) is 9.87. The van der Waals surface area contributed by atoms with Gasteiger partial charge in [0.2, 0.25) is 0 Å². The van der Waals surface area contributed by atoms with Gasteiger partial charge in [-0.05, 0) is 54.4 Å². The fourth-order valence-corrected chi connectivity index (χ4v) is 3.73. The largest absolute Gasteiger partial charge is 0.494 e. The molecule has 6 nitrogen and oxygen atoms in total. The fraction of sp³-hybridized carbons (Fsp3) is 0.167. The number of carbonyl (C=O) groups is 2. The standard InChI is InChI=1S/C24H23N3O3/c1-3-30-18-13-11-17(12-14-18)26-23(28)21-15(2)25-24(29)27-22(21)20-10-6-8-16-7-4-5-9-19(16)20/h4-14,22H,3H2,1-2H3,(H,26,28)(H2,25,27,29)/t22-/m0/s1. The van der Waals surface area contributed by atoms with Crippen molar-refractivity contribution in [3.05, 3.63) is 83.6 Å². The summed E-state index contributed by atoms with van der Waals surface area (Å²) >= 11 is 0. The maximum atomic E-state index is 13.2. The van der Waals surface area contributed by atoms with Gasteiger partial charge in [0.05, 0.1) is 18.2 Å². The number of amides is 3. The van der Waals surface area contributed by atoms with Crippen LogP contribution in [0, 0.1) is 0 Å². The van der Waals surface area contributed by atoms with E-state index in [1.165, 1.54) is 0 Å². The van der Waals surface area contributed by atoms with Crippen molar-refractivity contribution < 1.29 is 14.3 Å². The molecule has 0 spiro atoms. The average Bonchev–Trinajstić information content (AvgIpc) is 2.74. The summed E-state index contributed by atoms with van der Waals surface area (Å²) in [6.45, 7) is 4.24. The minimum atomic E-state index is -0.562. The highest BCUT2D eigenvalue weighted by Crippen LogP contribution is 2.32. The highest BCUT2D eigenvalue weighted by atomic mass is 16.5. The Bertz CT molecular complexity index is 1130. The van der Waals surface area contributed by atoms with E-state index in [4.69, 9.17) is 4.74 Å². The zero-order chi connectivity index (χ0) is 21.1. The van der Waals surface area contributed by atoms with Crippen LogP contribution in [-0.2, 0) is 4.79 Å². The van der Waals surface area contributed by atoms with Crippen molar-refractivity contribution in [2.75, 3.05) is 11.9 Å². The number of urea groups is 1. The first-order chi connectivity index (χ1) is 14.6. The third-order valence-corrected chi connectivity index (χ3v) is 5.07. The quantitative estimate of drug-likeness (QED) is 0.589. The monoisotopic (exact) mass is 401 g/mol. The number of carbonyl (C=O) groups excluding carboxylic acids is 2. The summed E-state index contributed by atoms with van der Waals surface area (Å²) in [5.41, 5.74) is 2.52. The lowest BCUT2D eigenvalue weighted by atomic mass is 9.91. The molecule has 0 bridgehead atoms. The van der Waals surface area contributed by atoms with E-state index in [0.717, 1.165) is 22.1 Å². The summed E-state index contributed by atoms with van der Waals surface area (Å²) in [5, 5.41) is 10.6. The Morgan fingerprint density at radius 1 is 1.03 bits per heavy atom. The van der Waals surface area contributed by atoms with Gasteiger partial charge in [0.25, 0.3) is 5.91 Å². The molecule has 1 aliphatic heterocycles. The second-order valence-electron chi connectivity index (χ2n) is 7.05. The first-order valence-electron chi connectivity index (χ1n) is 9.87. The first kappa shape index (κ1) is 19.5. The Labute approximate surface area is 174 Å². The van der Waals surface area contributed by atoms with E-state index in [9.17, 15) is 9.59 Å². The van der Waals surface area contributed by atoms with E-state index >= 15 is 0 Å². The fourth-order valence-electron chi connectivity index (χ4n) is 3.73. The van der Waals surface area contributed by atoms with Crippen LogP contribution in [-0.4, -0.2) is 18.5 Å². The van der Waals surface area contributed by atoms with E-state index in [-0.39, 0.29) is 11.9 Å². The second kappa shape index (κ2) is 8.29. The number of nitrogens with one attached hydrogen (secondary N) is 3. The second-order valence-corrected chi connectivity index (χ2v) is 7.05. The molecular formula is C24H23N3O3. The molecule has 3 aromatic rings. The van der Waals surface area contributed by atoms with Gasteiger partial charge in [-0.1, -0.05) is 42.5 Å². The van der Waals surface area contributed by atoms with E-state index in [0.29, 0.717) is 23.6 Å². The summed E-state index contributed by atoms with van der Waals surface area (Å²) in [6, 6.07) is 20.1. The highest BCUT2D eigenvalue weighted by molar-refractivity contribution is 6.07. The van der Waals surface area contributed by atoms with Gasteiger partial charge in [-0.2, -0.15) is 0 Å². The number of hydrogen-bond acceptors (Lipinski definition) is 3. The van der Waals surface area contributed by atoms with Gasteiger partial charge in [-0.3, -0.25) is 4.79 Å². The summed E-state index contributed by atoms with van der Waals surface area (Å²) < 4.78 is 5.45. The maximum Gasteiger partial charge on any atom is 0.319 e. The van der Waals surface area contributed by atoms with Crippen LogP contribution in [0.25, 0.3) is 10.8 Å². The lowest BCUT2D eigenvalue weighted by molar-refractivity contribution is -0.113. The number of rotatable bonds is 5. The topological polar surface area (TPSA) is 79.5 Å². The molecule has 0 aliphatic carbocycles. The average molecular weight is 401 g/mol. The smallest absolute Gasteiger partial charge is 0.319 e. The summed E-state index contributed by atoms with van der Waals surface area (Å²) in [6.07, 6.45) is 0. The van der Waals surface area contributed by atoms with Gasteiger partial charge in [0.1, 0.15) is 5.75 Å². The SMILES string of the molecule is CCOc1ccc(NC(=O)C2=C(C)NC(=O)N[C@H]2c2cccc3ccccc23)cc1. The molecule has 1 heterocycles. The number of allylic oxidation sites excluding steroid dienone is 1. The molecule has 3 N–H and O–H groups in total. The van der Waals surface area contributed by atoms with Gasteiger partial charge < -0.3 is 20.7 Å². The van der Waals surface area contributed by atoms with Gasteiger partial charge in [0.15, 0.2) is 0 Å². The molecule has 4 rings (SSSR count). The molecule has 1 atom stereocenters. The van der Waals surface area contributed by atoms with Crippen LogP contribution in [0.1, 0.15) is 25.5 Å². The number of hydrogen-bond donors (Lipinski definition) is 3. The van der Waals surface area contributed by atoms with Crippen LogP contribution < -0.4 is 20.7 Å². The molecule has 0 radical (unpaired) electrons. The van der Waals surface area contributed by atoms with E-state index in [1.54, 1.807) is 19.1 Å². The molecule has 0 saturated carbocycles. The van der Waals surface area contributed by atoms with Crippen molar-refractivity contribution >= 4 is 28.4 Å². The zero-order valence-corrected chi connectivity index (χ0v) is 16.9. The normalized spacial score (nSPS) is 16.1. The van der Waals surface area contributed by atoms with E-state index in [1.807, 2.05) is 61.5 Å². The van der Waals surface area contributed by atoms with Gasteiger partial charge in [-0.25, -0.2) is 4.79 Å². The van der Waals surface area contributed by atoms with Crippen molar-refractivity contribution in [2.45, 2.75) is 19.9 Å². The Balaban J connectivity index is 1.69. The molecule has 6 heteroatoms. The minimum absolute atomic E-state index is 0.276. The highest BCUT2D eigenvalue weighted by Gasteiger charge is 2.32. The van der Waals surface area contributed by atoms with Crippen LogP contribution >= 0.6 is 0 Å². The van der Waals surface area contributed by atoms with Crippen molar-refractivity contribution in [2.24, 2.45) is 0 Å². The number of benzene rings is 3. The summed E-state index contributed by atoms with van der Waals surface area (Å²) in [4.78, 5) is 25.4. The summed E-state index contributed by atoms with van der Waals surface area (Å²) in [5.74, 6) is 0.466. The van der Waals surface area contributed by atoms with Crippen molar-refractivity contribution in [1.82, 2.24) is 10.6 Å². The molecule has 3 aromatic carbocycles. The van der Waals surface area contributed by atoms with E-state index < -0.39 is 6.04 Å². The van der Waals surface area contributed by atoms with Crippen LogP contribution in [0.2, 0.25) is 0 Å². The van der Waals surface area contributed by atoms with Crippen molar-refractivity contribution in [3.63, 3.8) is 0 Å². The predicted octanol–water partition coefficient (Wildman–Crippen LogP) is 4.51. The lowest BCUT2D eigenvalue weighted by Crippen LogP contribution is -2.46. The molecule has 0 unspecified atom stereocenters. The van der Waals surface area contributed by atoms with Crippen LogP contribution in [0.15, 0.2) is 78.0 Å². The lowest BCUT2D eigenvalue weighted by Gasteiger charge is -2.29. The van der Waals surface area contributed by atoms with Gasteiger partial charge in [-0.15, -0.1) is 0 Å². The van der Waals surface area contributed by atoms with E-state index in [2.05, 4.69) is 16.0 Å². The van der Waals surface area contributed by atoms with Crippen LogP contribution in [0.3, 0.4) is 0 Å². The molecule has 152 valence electrons. The maximum absolute atomic E-state index is 13.2. The van der Waals surface area contributed by atoms with Crippen molar-refractivity contribution in [1.29, 1.82) is 0 Å². The molecule has 3 amide bonds. The Morgan fingerprint density at radius 3 is 2.53 bits per heavy atom. The third-order valence-electron chi connectivity index (χ3n) is 5.07.